The quantitative estimate of drug-likeness (QED) is 0.208. The van der Waals surface area contributed by atoms with E-state index in [0.29, 0.717) is 33.3 Å². The van der Waals surface area contributed by atoms with E-state index in [-0.39, 0.29) is 36.4 Å². The second-order valence-corrected chi connectivity index (χ2v) is 13.6. The van der Waals surface area contributed by atoms with E-state index >= 15 is 4.39 Å². The summed E-state index contributed by atoms with van der Waals surface area (Å²) in [5, 5.41) is 15.9. The number of nitrogens with zero attached hydrogens (tertiary/aromatic N) is 4. The molecule has 47 heavy (non-hydrogen) atoms. The van der Waals surface area contributed by atoms with Gasteiger partial charge in [0.1, 0.15) is 11.7 Å². The number of alkyl halides is 1. The first-order valence-electron chi connectivity index (χ1n) is 15.3. The van der Waals surface area contributed by atoms with Crippen LogP contribution in [0.1, 0.15) is 63.2 Å². The molecule has 0 saturated carbocycles. The van der Waals surface area contributed by atoms with Crippen LogP contribution in [0.3, 0.4) is 0 Å². The Hall–Kier alpha value is -4.32. The van der Waals surface area contributed by atoms with Crippen LogP contribution in [0.25, 0.3) is 22.0 Å². The first-order chi connectivity index (χ1) is 21.9. The van der Waals surface area contributed by atoms with Crippen molar-refractivity contribution in [3.63, 3.8) is 0 Å². The lowest BCUT2D eigenvalue weighted by atomic mass is 9.84. The van der Waals surface area contributed by atoms with Gasteiger partial charge in [-0.15, -0.1) is 0 Å². The van der Waals surface area contributed by atoms with Crippen molar-refractivity contribution in [2.75, 3.05) is 20.3 Å². The Morgan fingerprint density at radius 2 is 1.77 bits per heavy atom. The molecule has 0 aliphatic carbocycles. The standard InChI is InChI=1S/C35H43F3N4O5/c1-20-23(30(39-42(20)9)32(44)35(5,6)19-36)14-15-46-31-24(11-12-26(37)29(31)38)21-10-13-27-25(16-21)22(17-28(43)41(27)8)18-40(7)33(45)47-34(2,3)4/h10-13,16-17,32,44H,14-15,18-19H2,1-9H3. The minimum absolute atomic E-state index is 0.0595. The third-order valence-electron chi connectivity index (χ3n) is 8.24. The van der Waals surface area contributed by atoms with E-state index in [1.54, 1.807) is 85.6 Å². The van der Waals surface area contributed by atoms with Gasteiger partial charge in [0, 0.05) is 67.8 Å². The average Bonchev–Trinajstić information content (AvgIpc) is 3.28. The number of halogens is 3. The molecule has 4 rings (SSSR count). The van der Waals surface area contributed by atoms with Gasteiger partial charge in [-0.2, -0.15) is 9.49 Å². The van der Waals surface area contributed by atoms with E-state index in [1.165, 1.54) is 21.6 Å². The van der Waals surface area contributed by atoms with E-state index in [2.05, 4.69) is 5.10 Å². The fraction of sp³-hybridized carbons (Fsp3) is 0.457. The van der Waals surface area contributed by atoms with E-state index in [1.807, 2.05) is 0 Å². The van der Waals surface area contributed by atoms with E-state index in [9.17, 15) is 23.5 Å². The number of amides is 1. The van der Waals surface area contributed by atoms with Crippen LogP contribution < -0.4 is 10.3 Å². The largest absolute Gasteiger partial charge is 0.489 e. The molecule has 0 fully saturated rings. The van der Waals surface area contributed by atoms with E-state index < -0.39 is 41.5 Å². The van der Waals surface area contributed by atoms with Crippen molar-refractivity contribution >= 4 is 17.0 Å². The molecule has 254 valence electrons. The molecular formula is C35H43F3N4O5. The van der Waals surface area contributed by atoms with Crippen molar-refractivity contribution in [2.24, 2.45) is 19.5 Å². The molecule has 0 aliphatic rings. The first-order valence-corrected chi connectivity index (χ1v) is 15.3. The molecule has 1 unspecified atom stereocenters. The second kappa shape index (κ2) is 13.4. The molecule has 1 atom stereocenters. The van der Waals surface area contributed by atoms with Gasteiger partial charge >= 0.3 is 6.09 Å². The number of aliphatic hydroxyl groups is 1. The number of hydrogen-bond acceptors (Lipinski definition) is 6. The molecule has 4 aromatic rings. The molecule has 0 aliphatic heterocycles. The van der Waals surface area contributed by atoms with Gasteiger partial charge in [-0.1, -0.05) is 19.9 Å². The molecule has 2 heterocycles. The third kappa shape index (κ3) is 7.48. The highest BCUT2D eigenvalue weighted by atomic mass is 19.2. The molecule has 1 N–H and O–H groups in total. The predicted octanol–water partition coefficient (Wildman–Crippen LogP) is 6.54. The number of pyridine rings is 1. The summed E-state index contributed by atoms with van der Waals surface area (Å²) in [7, 11) is 4.89. The summed E-state index contributed by atoms with van der Waals surface area (Å²) in [6, 6.07) is 8.98. The van der Waals surface area contributed by atoms with Crippen molar-refractivity contribution in [3.05, 3.63) is 80.9 Å². The molecular weight excluding hydrogens is 613 g/mol. The number of aliphatic hydroxyl groups excluding tert-OH is 1. The maximum absolute atomic E-state index is 15.4. The van der Waals surface area contributed by atoms with Gasteiger partial charge in [0.15, 0.2) is 11.6 Å². The van der Waals surface area contributed by atoms with Crippen LogP contribution in [0.15, 0.2) is 41.2 Å². The van der Waals surface area contributed by atoms with Crippen LogP contribution in [0, 0.1) is 24.0 Å². The summed E-state index contributed by atoms with van der Waals surface area (Å²) in [5.74, 6) is -2.58. The minimum atomic E-state index is -1.19. The molecule has 0 radical (unpaired) electrons. The average molecular weight is 657 g/mol. The zero-order valence-corrected chi connectivity index (χ0v) is 28.4. The maximum atomic E-state index is 15.4. The van der Waals surface area contributed by atoms with E-state index in [0.717, 1.165) is 11.8 Å². The molecule has 12 heteroatoms. The number of fused-ring (bicyclic) bond motifs is 1. The molecule has 0 saturated heterocycles. The van der Waals surface area contributed by atoms with E-state index in [4.69, 9.17) is 9.47 Å². The molecule has 0 bridgehead atoms. The van der Waals surface area contributed by atoms with Gasteiger partial charge in [-0.25, -0.2) is 9.18 Å². The SMILES string of the molecule is Cc1c(CCOc2c(-c3ccc4c(c3)c(CN(C)C(=O)OC(C)(C)C)cc(=O)n4C)ccc(F)c2F)c(C(O)C(C)(C)CF)nn1C. The van der Waals surface area contributed by atoms with Gasteiger partial charge in [-0.3, -0.25) is 13.9 Å². The molecule has 9 nitrogen and oxygen atoms in total. The number of carbonyl (C=O) groups is 1. The summed E-state index contributed by atoms with van der Waals surface area (Å²) in [6.45, 7) is 9.46. The van der Waals surface area contributed by atoms with Crippen LogP contribution in [0.4, 0.5) is 18.0 Å². The lowest BCUT2D eigenvalue weighted by Gasteiger charge is -2.26. The highest BCUT2D eigenvalue weighted by Crippen LogP contribution is 2.38. The number of aromatic nitrogens is 3. The predicted molar refractivity (Wildman–Crippen MR) is 174 cm³/mol. The number of carbonyl (C=O) groups excluding carboxylic acids is 1. The summed E-state index contributed by atoms with van der Waals surface area (Å²) in [6.07, 6.45) is -1.57. The van der Waals surface area contributed by atoms with Crippen molar-refractivity contribution in [1.29, 1.82) is 0 Å². The minimum Gasteiger partial charge on any atom is -0.489 e. The van der Waals surface area contributed by atoms with Crippen molar-refractivity contribution in [3.8, 4) is 16.9 Å². The summed E-state index contributed by atoms with van der Waals surface area (Å²) in [5.41, 5.74) is 1.46. The Balaban J connectivity index is 1.71. The summed E-state index contributed by atoms with van der Waals surface area (Å²) < 4.78 is 58.0. The molecule has 1 amide bonds. The Morgan fingerprint density at radius 3 is 2.40 bits per heavy atom. The van der Waals surface area contributed by atoms with Crippen LogP contribution in [0.2, 0.25) is 0 Å². The monoisotopic (exact) mass is 656 g/mol. The van der Waals surface area contributed by atoms with Crippen LogP contribution in [-0.2, 0) is 31.8 Å². The first kappa shape index (κ1) is 35.5. The van der Waals surface area contributed by atoms with Crippen molar-refractivity contribution in [1.82, 2.24) is 19.2 Å². The lowest BCUT2D eigenvalue weighted by Crippen LogP contribution is -2.34. The maximum Gasteiger partial charge on any atom is 0.410 e. The Morgan fingerprint density at radius 1 is 1.09 bits per heavy atom. The Kier molecular flexibility index (Phi) is 10.1. The topological polar surface area (TPSA) is 98.8 Å². The number of ether oxygens (including phenoxy) is 2. The third-order valence-corrected chi connectivity index (χ3v) is 8.24. The second-order valence-electron chi connectivity index (χ2n) is 13.6. The normalized spacial score (nSPS) is 12.8. The van der Waals surface area contributed by atoms with Gasteiger partial charge in [0.05, 0.1) is 24.5 Å². The smallest absolute Gasteiger partial charge is 0.410 e. The lowest BCUT2D eigenvalue weighted by molar-refractivity contribution is 0.0266. The van der Waals surface area contributed by atoms with Crippen LogP contribution >= 0.6 is 0 Å². The van der Waals surface area contributed by atoms with Crippen LogP contribution in [-0.4, -0.2) is 56.4 Å². The van der Waals surface area contributed by atoms with Gasteiger partial charge in [0.25, 0.3) is 5.56 Å². The summed E-state index contributed by atoms with van der Waals surface area (Å²) in [4.78, 5) is 26.9. The number of rotatable bonds is 10. The van der Waals surface area contributed by atoms with Crippen molar-refractivity contribution < 1.29 is 32.5 Å². The molecule has 2 aromatic heterocycles. The number of hydrogen-bond donors (Lipinski definition) is 1. The Labute approximate surface area is 272 Å². The summed E-state index contributed by atoms with van der Waals surface area (Å²) >= 11 is 0. The highest BCUT2D eigenvalue weighted by molar-refractivity contribution is 5.89. The molecule has 2 aromatic carbocycles. The van der Waals surface area contributed by atoms with Crippen molar-refractivity contribution in [2.45, 2.75) is 66.2 Å². The van der Waals surface area contributed by atoms with Crippen LogP contribution in [0.5, 0.6) is 5.75 Å². The fourth-order valence-corrected chi connectivity index (χ4v) is 5.29. The van der Waals surface area contributed by atoms with Gasteiger partial charge < -0.3 is 24.0 Å². The Bertz CT molecular complexity index is 1860. The number of benzene rings is 2. The van der Waals surface area contributed by atoms with Gasteiger partial charge in [-0.05, 0) is 63.1 Å². The zero-order chi connectivity index (χ0) is 35.0. The fourth-order valence-electron chi connectivity index (χ4n) is 5.29. The highest BCUT2D eigenvalue weighted by Gasteiger charge is 2.34. The van der Waals surface area contributed by atoms with Gasteiger partial charge in [0.2, 0.25) is 5.82 Å². The molecule has 0 spiro atoms. The zero-order valence-electron chi connectivity index (χ0n) is 28.4. The number of aryl methyl sites for hydroxylation is 2.